The number of amides is 1. The van der Waals surface area contributed by atoms with E-state index in [9.17, 15) is 22.4 Å². The summed E-state index contributed by atoms with van der Waals surface area (Å²) in [6.45, 7) is 9.00. The van der Waals surface area contributed by atoms with Gasteiger partial charge in [-0.25, -0.2) is 4.39 Å². The number of aromatic amines is 1. The summed E-state index contributed by atoms with van der Waals surface area (Å²) in [5.41, 5.74) is 0.188. The maximum Gasteiger partial charge on any atom is 0.417 e. The van der Waals surface area contributed by atoms with Crippen molar-refractivity contribution in [2.75, 3.05) is 44.2 Å². The van der Waals surface area contributed by atoms with Gasteiger partial charge in [0.25, 0.3) is 5.91 Å². The fourth-order valence-corrected chi connectivity index (χ4v) is 7.53. The second-order valence-corrected chi connectivity index (χ2v) is 13.7. The molecular formula is C32H40F4N8O2. The van der Waals surface area contributed by atoms with Crippen molar-refractivity contribution in [3.05, 3.63) is 40.2 Å². The maximum absolute atomic E-state index is 14.5. The number of carbonyl (C=O) groups is 1. The number of likely N-dealkylation sites (tertiary alicyclic amines) is 1. The number of ether oxygens (including phenoxy) is 1. The quantitative estimate of drug-likeness (QED) is 0.308. The van der Waals surface area contributed by atoms with Crippen molar-refractivity contribution < 1.29 is 27.1 Å². The first-order valence-corrected chi connectivity index (χ1v) is 16.2. The van der Waals surface area contributed by atoms with Crippen LogP contribution in [0.3, 0.4) is 0 Å². The molecule has 46 heavy (non-hydrogen) atoms. The lowest BCUT2D eigenvalue weighted by Crippen LogP contribution is -2.56. The molecule has 1 unspecified atom stereocenters. The summed E-state index contributed by atoms with van der Waals surface area (Å²) >= 11 is 0. The van der Waals surface area contributed by atoms with E-state index in [1.807, 2.05) is 0 Å². The summed E-state index contributed by atoms with van der Waals surface area (Å²) in [7, 11) is 0. The molecule has 3 aromatic rings. The SMILES string of the molecule is CC[C@@H]1CN(c2nc(OCC3(CN4CC[C@@H](F)C4)CC3)nc3c2C(=O)NC(c2c(C(F)(F)F)c(C)cc4[nH]ncc24)C3)C[C@@H](C)N1. The third-order valence-corrected chi connectivity index (χ3v) is 9.98. The number of anilines is 1. The number of rotatable bonds is 8. The highest BCUT2D eigenvalue weighted by Gasteiger charge is 2.47. The molecule has 248 valence electrons. The Labute approximate surface area is 264 Å². The molecule has 1 saturated carbocycles. The Morgan fingerprint density at radius 3 is 2.67 bits per heavy atom. The summed E-state index contributed by atoms with van der Waals surface area (Å²) in [5, 5.41) is 13.5. The topological polar surface area (TPSA) is 111 Å². The van der Waals surface area contributed by atoms with Gasteiger partial charge in [0.15, 0.2) is 0 Å². The Bertz CT molecular complexity index is 1640. The molecule has 4 atom stereocenters. The number of alkyl halides is 4. The molecule has 0 radical (unpaired) electrons. The molecule has 2 saturated heterocycles. The number of hydrogen-bond acceptors (Lipinski definition) is 8. The van der Waals surface area contributed by atoms with Gasteiger partial charge in [0.2, 0.25) is 0 Å². The number of halogens is 4. The summed E-state index contributed by atoms with van der Waals surface area (Å²) < 4.78 is 63.7. The molecule has 3 fully saturated rings. The lowest BCUT2D eigenvalue weighted by molar-refractivity contribution is -0.138. The molecular weight excluding hydrogens is 604 g/mol. The van der Waals surface area contributed by atoms with Gasteiger partial charge in [0, 0.05) is 62.0 Å². The second-order valence-electron chi connectivity index (χ2n) is 13.7. The van der Waals surface area contributed by atoms with Crippen molar-refractivity contribution in [2.24, 2.45) is 5.41 Å². The van der Waals surface area contributed by atoms with Gasteiger partial charge in [-0.05, 0) is 56.7 Å². The lowest BCUT2D eigenvalue weighted by Gasteiger charge is -2.39. The zero-order valence-corrected chi connectivity index (χ0v) is 26.3. The molecule has 3 aliphatic heterocycles. The predicted octanol–water partition coefficient (Wildman–Crippen LogP) is 4.49. The van der Waals surface area contributed by atoms with E-state index in [0.29, 0.717) is 55.1 Å². The van der Waals surface area contributed by atoms with E-state index in [2.05, 4.69) is 44.5 Å². The number of piperazine rings is 1. The van der Waals surface area contributed by atoms with Crippen molar-refractivity contribution in [3.8, 4) is 6.01 Å². The molecule has 0 bridgehead atoms. The Hall–Kier alpha value is -3.52. The van der Waals surface area contributed by atoms with Gasteiger partial charge in [-0.3, -0.25) is 14.8 Å². The van der Waals surface area contributed by atoms with Crippen LogP contribution in [-0.4, -0.2) is 88.6 Å². The first-order valence-electron chi connectivity index (χ1n) is 16.2. The highest BCUT2D eigenvalue weighted by molar-refractivity contribution is 6.02. The van der Waals surface area contributed by atoms with Crippen LogP contribution in [-0.2, 0) is 12.6 Å². The fraction of sp³-hybridized carbons (Fsp3) is 0.625. The number of benzene rings is 1. The van der Waals surface area contributed by atoms with E-state index < -0.39 is 29.9 Å². The number of aromatic nitrogens is 4. The van der Waals surface area contributed by atoms with Crippen LogP contribution < -0.4 is 20.3 Å². The summed E-state index contributed by atoms with van der Waals surface area (Å²) in [5.74, 6) is -0.0899. The van der Waals surface area contributed by atoms with Crippen LogP contribution in [0.1, 0.15) is 78.3 Å². The second kappa shape index (κ2) is 11.6. The zero-order valence-electron chi connectivity index (χ0n) is 26.3. The van der Waals surface area contributed by atoms with Crippen LogP contribution in [0, 0.1) is 12.3 Å². The van der Waals surface area contributed by atoms with Crippen LogP contribution in [0.15, 0.2) is 12.3 Å². The Morgan fingerprint density at radius 2 is 1.98 bits per heavy atom. The highest BCUT2D eigenvalue weighted by Crippen LogP contribution is 2.47. The van der Waals surface area contributed by atoms with Gasteiger partial charge >= 0.3 is 12.2 Å². The standard InChI is InChI=1S/C32H40F4N8O2/c1-4-20-14-44(12-18(3)38-20)28-26-24(40-30(41-28)46-16-31(6-7-31)15-43-8-5-19(33)13-43)10-23(39-29(26)45)25-21-11-37-42-22(21)9-17(2)27(25)32(34,35)36/h9,11,18-20,23,38H,4-8,10,12-16H2,1-3H3,(H,37,42)(H,39,45)/t18-,19-,20-,23?/m1/s1. The molecule has 5 heterocycles. The first kappa shape index (κ1) is 31.1. The van der Waals surface area contributed by atoms with Crippen molar-refractivity contribution in [3.63, 3.8) is 0 Å². The molecule has 3 N–H and O–H groups in total. The Kier molecular flexibility index (Phi) is 7.86. The number of fused-ring (bicyclic) bond motifs is 2. The summed E-state index contributed by atoms with van der Waals surface area (Å²) in [6.07, 6.45) is -0.743. The number of hydrogen-bond donors (Lipinski definition) is 3. The van der Waals surface area contributed by atoms with Gasteiger partial charge in [-0.15, -0.1) is 0 Å². The maximum atomic E-state index is 14.5. The Balaban J connectivity index is 1.26. The third-order valence-electron chi connectivity index (χ3n) is 9.98. The van der Waals surface area contributed by atoms with Crippen molar-refractivity contribution in [1.29, 1.82) is 0 Å². The molecule has 2 aromatic heterocycles. The van der Waals surface area contributed by atoms with E-state index in [-0.39, 0.29) is 46.6 Å². The van der Waals surface area contributed by atoms with Crippen molar-refractivity contribution >= 4 is 22.6 Å². The number of nitrogens with zero attached hydrogens (tertiary/aromatic N) is 5. The van der Waals surface area contributed by atoms with Crippen LogP contribution in [0.2, 0.25) is 0 Å². The molecule has 1 aromatic carbocycles. The van der Waals surface area contributed by atoms with Crippen molar-refractivity contribution in [1.82, 2.24) is 35.7 Å². The average Bonchev–Trinajstić information content (AvgIpc) is 3.38. The number of aryl methyl sites for hydroxylation is 1. The monoisotopic (exact) mass is 644 g/mol. The third kappa shape index (κ3) is 5.89. The minimum atomic E-state index is -4.65. The zero-order chi connectivity index (χ0) is 32.4. The van der Waals surface area contributed by atoms with Crippen LogP contribution in [0.5, 0.6) is 6.01 Å². The van der Waals surface area contributed by atoms with Crippen LogP contribution in [0.4, 0.5) is 23.4 Å². The highest BCUT2D eigenvalue weighted by atomic mass is 19.4. The van der Waals surface area contributed by atoms with Gasteiger partial charge < -0.3 is 20.3 Å². The number of carbonyl (C=O) groups excluding carboxylic acids is 1. The molecule has 0 spiro atoms. The van der Waals surface area contributed by atoms with Crippen LogP contribution in [0.25, 0.3) is 10.9 Å². The number of H-pyrrole nitrogens is 1. The van der Waals surface area contributed by atoms with Crippen LogP contribution >= 0.6 is 0 Å². The molecule has 1 aliphatic carbocycles. The van der Waals surface area contributed by atoms with E-state index in [1.165, 1.54) is 19.2 Å². The minimum absolute atomic E-state index is 0.0232. The molecule has 7 rings (SSSR count). The smallest absolute Gasteiger partial charge is 0.417 e. The van der Waals surface area contributed by atoms with E-state index in [0.717, 1.165) is 32.4 Å². The van der Waals surface area contributed by atoms with Gasteiger partial charge in [-0.2, -0.15) is 28.2 Å². The number of nitrogens with one attached hydrogen (secondary N) is 3. The minimum Gasteiger partial charge on any atom is -0.463 e. The molecule has 10 nitrogen and oxygen atoms in total. The van der Waals surface area contributed by atoms with E-state index in [1.54, 1.807) is 0 Å². The summed E-state index contributed by atoms with van der Waals surface area (Å²) in [4.78, 5) is 27.6. The van der Waals surface area contributed by atoms with Crippen molar-refractivity contribution in [2.45, 2.75) is 83.3 Å². The Morgan fingerprint density at radius 1 is 1.17 bits per heavy atom. The molecule has 1 amide bonds. The fourth-order valence-electron chi connectivity index (χ4n) is 7.53. The van der Waals surface area contributed by atoms with E-state index >= 15 is 0 Å². The van der Waals surface area contributed by atoms with Gasteiger partial charge in [0.05, 0.1) is 35.6 Å². The van der Waals surface area contributed by atoms with E-state index in [4.69, 9.17) is 14.7 Å². The largest absolute Gasteiger partial charge is 0.463 e. The lowest BCUT2D eigenvalue weighted by atomic mass is 9.87. The first-order chi connectivity index (χ1) is 21.9. The average molecular weight is 645 g/mol. The van der Waals surface area contributed by atoms with Gasteiger partial charge in [0.1, 0.15) is 17.6 Å². The molecule has 4 aliphatic rings. The van der Waals surface area contributed by atoms with Gasteiger partial charge in [-0.1, -0.05) is 6.92 Å². The molecule has 14 heteroatoms. The normalized spacial score (nSPS) is 26.3. The predicted molar refractivity (Wildman–Crippen MR) is 164 cm³/mol. The summed E-state index contributed by atoms with van der Waals surface area (Å²) in [6, 6.07) is 0.823.